The smallest absolute Gasteiger partial charge is 0.290 e. The molecular formula is C5H4F3N. The molecule has 0 saturated carbocycles. The Morgan fingerprint density at radius 1 is 1.44 bits per heavy atom. The van der Waals surface area contributed by atoms with Crippen LogP contribution in [0.2, 0.25) is 0 Å². The predicted octanol–water partition coefficient (Wildman–Crippen LogP) is 1.12. The minimum absolute atomic E-state index is 1.01. The normalized spacial score (nSPS) is 27.2. The maximum atomic E-state index is 11.6. The lowest BCUT2D eigenvalue weighted by Crippen LogP contribution is -2.35. The summed E-state index contributed by atoms with van der Waals surface area (Å²) in [5.74, 6) is 0. The number of rotatable bonds is 0. The highest BCUT2D eigenvalue weighted by molar-refractivity contribution is 5.11. The third-order valence-corrected chi connectivity index (χ3v) is 0.963. The molecule has 0 amide bonds. The molecule has 0 bridgehead atoms. The van der Waals surface area contributed by atoms with E-state index in [0.717, 1.165) is 6.08 Å². The van der Waals surface area contributed by atoms with Gasteiger partial charge in [0.15, 0.2) is 0 Å². The second-order valence-corrected chi connectivity index (χ2v) is 1.67. The zero-order chi connectivity index (χ0) is 6.91. The second kappa shape index (κ2) is 2.02. The summed E-state index contributed by atoms with van der Waals surface area (Å²) >= 11 is 0. The first-order valence-electron chi connectivity index (χ1n) is 2.35. The van der Waals surface area contributed by atoms with Crippen LogP contribution in [0.25, 0.3) is 0 Å². The lowest BCUT2D eigenvalue weighted by molar-refractivity contribution is -0.141. The molecule has 1 N–H and O–H groups in total. The molecule has 0 aromatic rings. The predicted molar refractivity (Wildman–Crippen MR) is 25.4 cm³/mol. The van der Waals surface area contributed by atoms with Gasteiger partial charge in [-0.25, -0.2) is 0 Å². The summed E-state index contributed by atoms with van der Waals surface area (Å²) in [5.41, 5.74) is 0. The standard InChI is InChI=1S/C5H4F3N/c6-5(7,8)4-2-1-3-9-4/h1-2,4,9H. The molecular weight excluding hydrogens is 131 g/mol. The first-order chi connectivity index (χ1) is 4.11. The van der Waals surface area contributed by atoms with E-state index in [1.807, 2.05) is 5.32 Å². The molecule has 1 aliphatic rings. The van der Waals surface area contributed by atoms with Crippen molar-refractivity contribution in [3.8, 4) is 0 Å². The Morgan fingerprint density at radius 3 is 2.33 bits per heavy atom. The SMILES string of the molecule is FC(F)(F)C1C=C[C]N1. The Kier molecular flexibility index (Phi) is 1.48. The molecule has 0 fully saturated rings. The summed E-state index contributed by atoms with van der Waals surface area (Å²) in [7, 11) is 0. The maximum Gasteiger partial charge on any atom is 0.407 e. The summed E-state index contributed by atoms with van der Waals surface area (Å²) in [5, 5.41) is 2.01. The number of halogens is 3. The third-order valence-electron chi connectivity index (χ3n) is 0.963. The average molecular weight is 135 g/mol. The van der Waals surface area contributed by atoms with Gasteiger partial charge >= 0.3 is 6.18 Å². The van der Waals surface area contributed by atoms with Crippen LogP contribution < -0.4 is 5.32 Å². The molecule has 1 aliphatic heterocycles. The fourth-order valence-corrected chi connectivity index (χ4v) is 0.521. The average Bonchev–Trinajstić information content (AvgIpc) is 2.08. The summed E-state index contributed by atoms with van der Waals surface area (Å²) in [4.78, 5) is 0. The molecule has 1 rings (SSSR count). The van der Waals surface area contributed by atoms with Crippen molar-refractivity contribution in [2.45, 2.75) is 12.2 Å². The highest BCUT2D eigenvalue weighted by Gasteiger charge is 2.38. The van der Waals surface area contributed by atoms with Crippen molar-refractivity contribution in [3.05, 3.63) is 18.7 Å². The van der Waals surface area contributed by atoms with Crippen molar-refractivity contribution in [3.63, 3.8) is 0 Å². The fraction of sp³-hybridized carbons (Fsp3) is 0.400. The van der Waals surface area contributed by atoms with Crippen molar-refractivity contribution in [1.29, 1.82) is 0 Å². The van der Waals surface area contributed by atoms with Crippen LogP contribution in [0.4, 0.5) is 13.2 Å². The molecule has 1 unspecified atom stereocenters. The van der Waals surface area contributed by atoms with Gasteiger partial charge in [0.25, 0.3) is 0 Å². The lowest BCUT2D eigenvalue weighted by atomic mass is 10.3. The highest BCUT2D eigenvalue weighted by atomic mass is 19.4. The van der Waals surface area contributed by atoms with E-state index in [4.69, 9.17) is 0 Å². The van der Waals surface area contributed by atoms with Crippen molar-refractivity contribution in [2.75, 3.05) is 0 Å². The molecule has 4 heteroatoms. The van der Waals surface area contributed by atoms with Crippen molar-refractivity contribution in [1.82, 2.24) is 5.32 Å². The molecule has 9 heavy (non-hydrogen) atoms. The first kappa shape index (κ1) is 6.61. The van der Waals surface area contributed by atoms with Gasteiger partial charge < -0.3 is 0 Å². The maximum absolute atomic E-state index is 11.6. The second-order valence-electron chi connectivity index (χ2n) is 1.67. The topological polar surface area (TPSA) is 12.0 Å². The number of alkyl halides is 3. The van der Waals surface area contributed by atoms with Crippen molar-refractivity contribution in [2.24, 2.45) is 0 Å². The van der Waals surface area contributed by atoms with Gasteiger partial charge in [-0.3, -0.25) is 5.32 Å². The Labute approximate surface area is 50.6 Å². The minimum Gasteiger partial charge on any atom is -0.290 e. The molecule has 2 radical (unpaired) electrons. The molecule has 0 aromatic heterocycles. The first-order valence-corrected chi connectivity index (χ1v) is 2.35. The van der Waals surface area contributed by atoms with E-state index >= 15 is 0 Å². The Balaban J connectivity index is 2.53. The molecule has 0 aliphatic carbocycles. The van der Waals surface area contributed by atoms with Crippen LogP contribution in [-0.2, 0) is 0 Å². The monoisotopic (exact) mass is 135 g/mol. The summed E-state index contributed by atoms with van der Waals surface area (Å²) < 4.78 is 34.8. The zero-order valence-corrected chi connectivity index (χ0v) is 4.37. The molecule has 0 aromatic carbocycles. The van der Waals surface area contributed by atoms with Crippen LogP contribution in [0, 0.1) is 6.54 Å². The molecule has 1 heterocycles. The molecule has 50 valence electrons. The molecule has 1 atom stereocenters. The minimum atomic E-state index is -4.18. The van der Waals surface area contributed by atoms with Gasteiger partial charge in [-0.1, -0.05) is 12.2 Å². The Hall–Kier alpha value is -0.510. The summed E-state index contributed by atoms with van der Waals surface area (Å²) in [6, 6.07) is -1.53. The summed E-state index contributed by atoms with van der Waals surface area (Å²) in [6.07, 6.45) is -1.95. The van der Waals surface area contributed by atoms with Crippen LogP contribution in [0.3, 0.4) is 0 Å². The van der Waals surface area contributed by atoms with Crippen LogP contribution in [0.5, 0.6) is 0 Å². The summed E-state index contributed by atoms with van der Waals surface area (Å²) in [6.45, 7) is 2.23. The highest BCUT2D eigenvalue weighted by Crippen LogP contribution is 2.23. The molecule has 0 spiro atoms. The number of nitrogens with one attached hydrogen (secondary N) is 1. The van der Waals surface area contributed by atoms with Crippen molar-refractivity contribution >= 4 is 0 Å². The van der Waals surface area contributed by atoms with E-state index in [0.29, 0.717) is 0 Å². The van der Waals surface area contributed by atoms with Gasteiger partial charge in [0, 0.05) is 0 Å². The van der Waals surface area contributed by atoms with E-state index in [2.05, 4.69) is 6.54 Å². The van der Waals surface area contributed by atoms with E-state index < -0.39 is 12.2 Å². The van der Waals surface area contributed by atoms with Gasteiger partial charge in [-0.15, -0.1) is 0 Å². The number of hydrogen-bond acceptors (Lipinski definition) is 1. The van der Waals surface area contributed by atoms with Crippen LogP contribution in [-0.4, -0.2) is 12.2 Å². The quantitative estimate of drug-likeness (QED) is 0.524. The van der Waals surface area contributed by atoms with Crippen LogP contribution >= 0.6 is 0 Å². The zero-order valence-electron chi connectivity index (χ0n) is 4.37. The van der Waals surface area contributed by atoms with E-state index in [9.17, 15) is 13.2 Å². The van der Waals surface area contributed by atoms with Gasteiger partial charge in [0.05, 0.1) is 6.54 Å². The van der Waals surface area contributed by atoms with Crippen molar-refractivity contribution < 1.29 is 13.2 Å². The van der Waals surface area contributed by atoms with Gasteiger partial charge in [0.1, 0.15) is 6.04 Å². The van der Waals surface area contributed by atoms with E-state index in [1.54, 1.807) is 0 Å². The molecule has 1 nitrogen and oxygen atoms in total. The third kappa shape index (κ3) is 1.45. The Morgan fingerprint density at radius 2 is 2.11 bits per heavy atom. The van der Waals surface area contributed by atoms with Crippen LogP contribution in [0.15, 0.2) is 12.2 Å². The van der Waals surface area contributed by atoms with Gasteiger partial charge in [-0.05, 0) is 0 Å². The van der Waals surface area contributed by atoms with Gasteiger partial charge in [-0.2, -0.15) is 13.2 Å². The Bertz CT molecular complexity index is 127. The largest absolute Gasteiger partial charge is 0.407 e. The van der Waals surface area contributed by atoms with Gasteiger partial charge in [0.2, 0.25) is 0 Å². The molecule has 0 saturated heterocycles. The fourth-order valence-electron chi connectivity index (χ4n) is 0.521. The van der Waals surface area contributed by atoms with E-state index in [-0.39, 0.29) is 0 Å². The van der Waals surface area contributed by atoms with Crippen LogP contribution in [0.1, 0.15) is 0 Å². The lowest BCUT2D eigenvalue weighted by Gasteiger charge is -2.11. The number of hydrogen-bond donors (Lipinski definition) is 1. The van der Waals surface area contributed by atoms with E-state index in [1.165, 1.54) is 6.08 Å².